The Bertz CT molecular complexity index is 263. The van der Waals surface area contributed by atoms with E-state index in [9.17, 15) is 0 Å². The van der Waals surface area contributed by atoms with E-state index in [0.717, 1.165) is 6.04 Å². The van der Waals surface area contributed by atoms with Crippen LogP contribution in [0, 0.1) is 6.67 Å². The largest absolute Gasteiger partial charge is 0.285 e. The third-order valence-corrected chi connectivity index (χ3v) is 3.51. The molecule has 2 unspecified atom stereocenters. The van der Waals surface area contributed by atoms with Crippen molar-refractivity contribution in [3.63, 3.8) is 0 Å². The molecule has 2 nitrogen and oxygen atoms in total. The second-order valence-electron chi connectivity index (χ2n) is 4.39. The van der Waals surface area contributed by atoms with Gasteiger partial charge in [-0.3, -0.25) is 10.2 Å². The van der Waals surface area contributed by atoms with Crippen LogP contribution >= 0.6 is 0 Å². The van der Waals surface area contributed by atoms with Crippen molar-refractivity contribution >= 4 is 0 Å². The summed E-state index contributed by atoms with van der Waals surface area (Å²) in [6.07, 6.45) is 14.2. The number of nitrogens with zero attached hydrogens (tertiary/aromatic N) is 1. The monoisotopic (exact) mass is 188 g/mol. The first-order valence-corrected chi connectivity index (χ1v) is 5.60. The Morgan fingerprint density at radius 2 is 1.93 bits per heavy atom. The Morgan fingerprint density at radius 3 is 2.79 bits per heavy atom. The quantitative estimate of drug-likeness (QED) is 0.673. The minimum absolute atomic E-state index is 0.459. The van der Waals surface area contributed by atoms with Crippen molar-refractivity contribution in [1.82, 2.24) is 10.2 Å². The van der Waals surface area contributed by atoms with Crippen LogP contribution in [-0.2, 0) is 0 Å². The number of rotatable bonds is 1. The lowest BCUT2D eigenvalue weighted by atomic mass is 10.0. The molecule has 2 atom stereocenters. The first kappa shape index (κ1) is 8.69. The van der Waals surface area contributed by atoms with Crippen LogP contribution in [0.3, 0.4) is 0 Å². The van der Waals surface area contributed by atoms with Gasteiger partial charge in [-0.05, 0) is 12.8 Å². The van der Waals surface area contributed by atoms with E-state index in [2.05, 4.69) is 41.2 Å². The van der Waals surface area contributed by atoms with Gasteiger partial charge in [0.25, 0.3) is 0 Å². The Kier molecular flexibility index (Phi) is 2.18. The van der Waals surface area contributed by atoms with Crippen molar-refractivity contribution in [2.24, 2.45) is 0 Å². The zero-order valence-corrected chi connectivity index (χ0v) is 8.32. The summed E-state index contributed by atoms with van der Waals surface area (Å²) >= 11 is 0. The Hall–Kier alpha value is -0.600. The summed E-state index contributed by atoms with van der Waals surface area (Å²) in [4.78, 5) is 2.40. The molecule has 0 aromatic heterocycles. The number of allylic oxidation sites excluding steroid dienone is 2. The molecule has 3 aliphatic rings. The molecule has 1 saturated heterocycles. The summed E-state index contributed by atoms with van der Waals surface area (Å²) in [7, 11) is 0. The predicted molar refractivity (Wildman–Crippen MR) is 56.3 cm³/mol. The van der Waals surface area contributed by atoms with Crippen LogP contribution in [0.4, 0.5) is 0 Å². The van der Waals surface area contributed by atoms with E-state index in [0.29, 0.717) is 12.1 Å². The molecule has 1 heterocycles. The van der Waals surface area contributed by atoms with Crippen LogP contribution < -0.4 is 5.32 Å². The van der Waals surface area contributed by atoms with Crippen LogP contribution in [0.1, 0.15) is 25.7 Å². The molecule has 0 bridgehead atoms. The zero-order valence-electron chi connectivity index (χ0n) is 8.32. The van der Waals surface area contributed by atoms with Gasteiger partial charge in [0.2, 0.25) is 0 Å². The Morgan fingerprint density at radius 1 is 1.14 bits per heavy atom. The molecule has 0 aromatic rings. The minimum Gasteiger partial charge on any atom is -0.285 e. The molecule has 1 aliphatic heterocycles. The highest BCUT2D eigenvalue weighted by Crippen LogP contribution is 2.30. The highest BCUT2D eigenvalue weighted by molar-refractivity contribution is 5.24. The van der Waals surface area contributed by atoms with E-state index in [1.165, 1.54) is 25.7 Å². The second kappa shape index (κ2) is 3.52. The Labute approximate surface area is 85.7 Å². The van der Waals surface area contributed by atoms with Gasteiger partial charge in [-0.25, -0.2) is 0 Å². The smallest absolute Gasteiger partial charge is 0.144 e. The Balaban J connectivity index is 1.75. The molecule has 2 aliphatic carbocycles. The normalized spacial score (nSPS) is 38.0. The average molecular weight is 188 g/mol. The fourth-order valence-electron chi connectivity index (χ4n) is 2.74. The van der Waals surface area contributed by atoms with Gasteiger partial charge in [0.1, 0.15) is 6.67 Å². The lowest BCUT2D eigenvalue weighted by Crippen LogP contribution is -2.39. The van der Waals surface area contributed by atoms with Crippen molar-refractivity contribution in [3.8, 4) is 0 Å². The number of hydrogen-bond acceptors (Lipinski definition) is 2. The molecule has 2 fully saturated rings. The van der Waals surface area contributed by atoms with Crippen LogP contribution in [0.2, 0.25) is 0 Å². The molecule has 1 saturated carbocycles. The van der Waals surface area contributed by atoms with E-state index in [4.69, 9.17) is 0 Å². The van der Waals surface area contributed by atoms with Gasteiger partial charge in [0.15, 0.2) is 0 Å². The summed E-state index contributed by atoms with van der Waals surface area (Å²) in [6, 6.07) is 1.71. The standard InChI is InChI=1S/C12H16N2/c1-2-6-10(5-1)14-9-13-11-7-3-4-8-12(11)14/h3-4,7-8,10-13H,1-2,5-6H2. The molecular weight excluding hydrogens is 172 g/mol. The van der Waals surface area contributed by atoms with Gasteiger partial charge < -0.3 is 0 Å². The fraction of sp³-hybridized carbons (Fsp3) is 0.583. The van der Waals surface area contributed by atoms with E-state index >= 15 is 0 Å². The van der Waals surface area contributed by atoms with Crippen molar-refractivity contribution in [2.75, 3.05) is 0 Å². The first-order chi connectivity index (χ1) is 6.95. The summed E-state index contributed by atoms with van der Waals surface area (Å²) < 4.78 is 0. The molecule has 0 spiro atoms. The number of fused-ring (bicyclic) bond motifs is 1. The van der Waals surface area contributed by atoms with E-state index < -0.39 is 0 Å². The molecule has 0 amide bonds. The van der Waals surface area contributed by atoms with Gasteiger partial charge in [-0.15, -0.1) is 0 Å². The van der Waals surface area contributed by atoms with Gasteiger partial charge >= 0.3 is 0 Å². The van der Waals surface area contributed by atoms with E-state index in [1.807, 2.05) is 0 Å². The summed E-state index contributed by atoms with van der Waals surface area (Å²) in [6.45, 7) is 3.32. The third-order valence-electron chi connectivity index (χ3n) is 3.51. The predicted octanol–water partition coefficient (Wildman–Crippen LogP) is 1.69. The molecule has 3 rings (SSSR count). The SMILES string of the molecule is [C]1NC2C=CC=CC2N1C1CCCC1. The molecule has 2 heteroatoms. The average Bonchev–Trinajstić information content (AvgIpc) is 2.85. The highest BCUT2D eigenvalue weighted by atomic mass is 15.3. The maximum atomic E-state index is 3.32. The number of nitrogens with one attached hydrogen (secondary N) is 1. The van der Waals surface area contributed by atoms with Gasteiger partial charge in [0, 0.05) is 18.1 Å². The topological polar surface area (TPSA) is 15.3 Å². The summed E-state index contributed by atoms with van der Waals surface area (Å²) in [5.41, 5.74) is 0. The first-order valence-electron chi connectivity index (χ1n) is 5.60. The van der Waals surface area contributed by atoms with Crippen LogP contribution in [-0.4, -0.2) is 23.0 Å². The van der Waals surface area contributed by atoms with E-state index in [1.54, 1.807) is 0 Å². The van der Waals surface area contributed by atoms with Crippen molar-refractivity contribution in [3.05, 3.63) is 31.0 Å². The van der Waals surface area contributed by atoms with Gasteiger partial charge in [-0.2, -0.15) is 0 Å². The maximum absolute atomic E-state index is 3.32. The zero-order chi connectivity index (χ0) is 9.38. The van der Waals surface area contributed by atoms with Crippen LogP contribution in [0.15, 0.2) is 24.3 Å². The van der Waals surface area contributed by atoms with Gasteiger partial charge in [0.05, 0.1) is 0 Å². The summed E-state index contributed by atoms with van der Waals surface area (Å²) in [5, 5.41) is 3.32. The molecule has 14 heavy (non-hydrogen) atoms. The lowest BCUT2D eigenvalue weighted by molar-refractivity contribution is 0.239. The third kappa shape index (κ3) is 1.33. The second-order valence-corrected chi connectivity index (χ2v) is 4.39. The van der Waals surface area contributed by atoms with Crippen molar-refractivity contribution < 1.29 is 0 Å². The molecule has 74 valence electrons. The number of hydrogen-bond donors (Lipinski definition) is 1. The minimum atomic E-state index is 0.459. The fourth-order valence-corrected chi connectivity index (χ4v) is 2.74. The lowest BCUT2D eigenvalue weighted by Gasteiger charge is -2.29. The van der Waals surface area contributed by atoms with E-state index in [-0.39, 0.29) is 0 Å². The highest BCUT2D eigenvalue weighted by Gasteiger charge is 2.37. The van der Waals surface area contributed by atoms with Crippen molar-refractivity contribution in [2.45, 2.75) is 43.8 Å². The molecule has 1 N–H and O–H groups in total. The van der Waals surface area contributed by atoms with Gasteiger partial charge in [-0.1, -0.05) is 37.1 Å². The molecular formula is C12H16N2. The van der Waals surface area contributed by atoms with Crippen molar-refractivity contribution in [1.29, 1.82) is 0 Å². The summed E-state index contributed by atoms with van der Waals surface area (Å²) in [5.74, 6) is 0. The molecule has 0 aromatic carbocycles. The van der Waals surface area contributed by atoms with Crippen LogP contribution in [0.25, 0.3) is 0 Å². The van der Waals surface area contributed by atoms with Crippen LogP contribution in [0.5, 0.6) is 0 Å². The maximum Gasteiger partial charge on any atom is 0.144 e. The molecule has 2 radical (unpaired) electrons.